The number of carbonyl (C=O) groups excluding carboxylic acids is 1. The van der Waals surface area contributed by atoms with E-state index in [9.17, 15) is 9.90 Å². The zero-order chi connectivity index (χ0) is 10.0. The lowest BCUT2D eigenvalue weighted by Crippen LogP contribution is -2.27. The van der Waals surface area contributed by atoms with Crippen LogP contribution in [0.15, 0.2) is 11.6 Å². The van der Waals surface area contributed by atoms with Crippen LogP contribution in [0, 0.1) is 11.8 Å². The third-order valence-corrected chi connectivity index (χ3v) is 3.12. The second-order valence-electron chi connectivity index (χ2n) is 4.11. The molecule has 1 N–H and O–H groups in total. The smallest absolute Gasteiger partial charge is 0.158 e. The summed E-state index contributed by atoms with van der Waals surface area (Å²) in [6.07, 6.45) is 3.22. The summed E-state index contributed by atoms with van der Waals surface area (Å²) in [5.74, 6) is 0.785. The van der Waals surface area contributed by atoms with Crippen molar-refractivity contribution in [2.45, 2.75) is 39.7 Å². The Bertz CT molecular complexity index is 228. The van der Waals surface area contributed by atoms with Gasteiger partial charge in [0.15, 0.2) is 5.78 Å². The lowest BCUT2D eigenvalue weighted by atomic mass is 9.79. The summed E-state index contributed by atoms with van der Waals surface area (Å²) < 4.78 is 0. The molecule has 0 heterocycles. The number of Topliss-reactive ketones (excluding diaryl/α,β-unsaturated/α-hetero) is 1. The Hall–Kier alpha value is -0.630. The molecule has 1 aliphatic carbocycles. The van der Waals surface area contributed by atoms with Crippen LogP contribution in [0.4, 0.5) is 0 Å². The topological polar surface area (TPSA) is 37.3 Å². The number of rotatable bonds is 2. The average molecular weight is 182 g/mol. The molecule has 1 aliphatic rings. The van der Waals surface area contributed by atoms with Gasteiger partial charge in [-0.1, -0.05) is 13.0 Å². The van der Waals surface area contributed by atoms with Crippen molar-refractivity contribution < 1.29 is 9.90 Å². The summed E-state index contributed by atoms with van der Waals surface area (Å²) in [5, 5.41) is 9.39. The number of aliphatic hydroxyl groups is 1. The largest absolute Gasteiger partial charge is 0.393 e. The van der Waals surface area contributed by atoms with Crippen LogP contribution in [0.25, 0.3) is 0 Å². The number of aliphatic hydroxyl groups excluding tert-OH is 1. The fourth-order valence-corrected chi connectivity index (χ4v) is 1.72. The summed E-state index contributed by atoms with van der Waals surface area (Å²) in [6.45, 7) is 5.67. The number of hydrogen-bond donors (Lipinski definition) is 1. The van der Waals surface area contributed by atoms with Crippen molar-refractivity contribution in [2.24, 2.45) is 11.8 Å². The Kier molecular flexibility index (Phi) is 3.26. The van der Waals surface area contributed by atoms with Crippen molar-refractivity contribution in [2.75, 3.05) is 0 Å². The minimum Gasteiger partial charge on any atom is -0.393 e. The molecule has 0 aliphatic heterocycles. The molecule has 0 amide bonds. The summed E-state index contributed by atoms with van der Waals surface area (Å²) >= 11 is 0. The van der Waals surface area contributed by atoms with Gasteiger partial charge in [-0.05, 0) is 37.7 Å². The van der Waals surface area contributed by atoms with Crippen molar-refractivity contribution in [3.05, 3.63) is 11.6 Å². The SMILES string of the molecule is CC1=CCC(C(C)C(C)O)CC1=O. The van der Waals surface area contributed by atoms with Crippen LogP contribution < -0.4 is 0 Å². The maximum absolute atomic E-state index is 11.4. The lowest BCUT2D eigenvalue weighted by Gasteiger charge is -2.27. The maximum Gasteiger partial charge on any atom is 0.158 e. The van der Waals surface area contributed by atoms with E-state index in [1.54, 1.807) is 6.92 Å². The fourth-order valence-electron chi connectivity index (χ4n) is 1.72. The minimum absolute atomic E-state index is 0.216. The number of carbonyl (C=O) groups is 1. The Morgan fingerprint density at radius 3 is 2.62 bits per heavy atom. The molecule has 74 valence electrons. The van der Waals surface area contributed by atoms with Gasteiger partial charge in [0, 0.05) is 6.42 Å². The van der Waals surface area contributed by atoms with Gasteiger partial charge in [0.1, 0.15) is 0 Å². The van der Waals surface area contributed by atoms with Crippen LogP contribution in [0.5, 0.6) is 0 Å². The summed E-state index contributed by atoms with van der Waals surface area (Å²) in [4.78, 5) is 11.4. The van der Waals surface area contributed by atoms with Gasteiger partial charge in [-0.15, -0.1) is 0 Å². The van der Waals surface area contributed by atoms with Gasteiger partial charge in [0.2, 0.25) is 0 Å². The van der Waals surface area contributed by atoms with Crippen LogP contribution >= 0.6 is 0 Å². The molecule has 0 aromatic heterocycles. The van der Waals surface area contributed by atoms with E-state index in [4.69, 9.17) is 0 Å². The van der Waals surface area contributed by atoms with Crippen LogP contribution in [-0.2, 0) is 4.79 Å². The highest BCUT2D eigenvalue weighted by atomic mass is 16.3. The first-order chi connectivity index (χ1) is 6.02. The van der Waals surface area contributed by atoms with E-state index in [0.717, 1.165) is 12.0 Å². The van der Waals surface area contributed by atoms with E-state index in [1.165, 1.54) is 0 Å². The molecule has 0 fully saturated rings. The van der Waals surface area contributed by atoms with E-state index < -0.39 is 0 Å². The highest BCUT2D eigenvalue weighted by Crippen LogP contribution is 2.28. The third kappa shape index (κ3) is 2.41. The van der Waals surface area contributed by atoms with Gasteiger partial charge < -0.3 is 5.11 Å². The molecular formula is C11H18O2. The zero-order valence-electron chi connectivity index (χ0n) is 8.58. The molecule has 0 aromatic rings. The molecule has 0 bridgehead atoms. The van der Waals surface area contributed by atoms with Crippen LogP contribution in [0.1, 0.15) is 33.6 Å². The third-order valence-electron chi connectivity index (χ3n) is 3.12. The Morgan fingerprint density at radius 1 is 1.54 bits per heavy atom. The maximum atomic E-state index is 11.4. The van der Waals surface area contributed by atoms with Crippen LogP contribution in [0.3, 0.4) is 0 Å². The van der Waals surface area contributed by atoms with E-state index >= 15 is 0 Å². The second-order valence-corrected chi connectivity index (χ2v) is 4.11. The van der Waals surface area contributed by atoms with Crippen molar-refractivity contribution in [3.63, 3.8) is 0 Å². The van der Waals surface area contributed by atoms with Gasteiger partial charge in [-0.2, -0.15) is 0 Å². The molecule has 3 unspecified atom stereocenters. The van der Waals surface area contributed by atoms with Crippen LogP contribution in [-0.4, -0.2) is 17.0 Å². The van der Waals surface area contributed by atoms with E-state index in [1.807, 2.05) is 19.9 Å². The number of allylic oxidation sites excluding steroid dienone is 2. The molecule has 13 heavy (non-hydrogen) atoms. The van der Waals surface area contributed by atoms with Crippen molar-refractivity contribution >= 4 is 5.78 Å². The molecule has 1 rings (SSSR count). The Labute approximate surface area is 79.6 Å². The lowest BCUT2D eigenvalue weighted by molar-refractivity contribution is -0.117. The van der Waals surface area contributed by atoms with Gasteiger partial charge >= 0.3 is 0 Å². The highest BCUT2D eigenvalue weighted by molar-refractivity contribution is 5.95. The number of hydrogen-bond acceptors (Lipinski definition) is 2. The van der Waals surface area contributed by atoms with Crippen LogP contribution in [0.2, 0.25) is 0 Å². The predicted molar refractivity (Wildman–Crippen MR) is 52.3 cm³/mol. The molecule has 0 spiro atoms. The molecule has 2 nitrogen and oxygen atoms in total. The van der Waals surface area contributed by atoms with E-state index in [0.29, 0.717) is 12.3 Å². The molecule has 3 atom stereocenters. The Balaban J connectivity index is 2.62. The monoisotopic (exact) mass is 182 g/mol. The first kappa shape index (κ1) is 10.5. The summed E-state index contributed by atoms with van der Waals surface area (Å²) in [6, 6.07) is 0. The normalized spacial score (nSPS) is 28.2. The second kappa shape index (κ2) is 4.05. The average Bonchev–Trinajstić information content (AvgIpc) is 2.08. The van der Waals surface area contributed by atoms with Gasteiger partial charge in [-0.25, -0.2) is 0 Å². The molecule has 0 aromatic carbocycles. The molecule has 0 saturated heterocycles. The first-order valence-electron chi connectivity index (χ1n) is 4.90. The van der Waals surface area contributed by atoms with Crippen molar-refractivity contribution in [1.29, 1.82) is 0 Å². The molecular weight excluding hydrogens is 164 g/mol. The fraction of sp³-hybridized carbons (Fsp3) is 0.727. The van der Waals surface area contributed by atoms with Gasteiger partial charge in [-0.3, -0.25) is 4.79 Å². The summed E-state index contributed by atoms with van der Waals surface area (Å²) in [5.41, 5.74) is 0.883. The minimum atomic E-state index is -0.315. The summed E-state index contributed by atoms with van der Waals surface area (Å²) in [7, 11) is 0. The van der Waals surface area contributed by atoms with Crippen molar-refractivity contribution in [1.82, 2.24) is 0 Å². The predicted octanol–water partition coefficient (Wildman–Crippen LogP) is 1.93. The standard InChI is InChI=1S/C11H18O2/c1-7-4-5-10(6-11(7)13)8(2)9(3)12/h4,8-10,12H,5-6H2,1-3H3. The highest BCUT2D eigenvalue weighted by Gasteiger charge is 2.26. The van der Waals surface area contributed by atoms with E-state index in [-0.39, 0.29) is 17.8 Å². The zero-order valence-corrected chi connectivity index (χ0v) is 8.58. The van der Waals surface area contributed by atoms with Crippen molar-refractivity contribution in [3.8, 4) is 0 Å². The molecule has 0 radical (unpaired) electrons. The Morgan fingerprint density at radius 2 is 2.15 bits per heavy atom. The molecule has 0 saturated carbocycles. The molecule has 2 heteroatoms. The van der Waals surface area contributed by atoms with Gasteiger partial charge in [0.05, 0.1) is 6.10 Å². The first-order valence-corrected chi connectivity index (χ1v) is 4.90. The van der Waals surface area contributed by atoms with Gasteiger partial charge in [0.25, 0.3) is 0 Å². The number of ketones is 1. The quantitative estimate of drug-likeness (QED) is 0.708. The van der Waals surface area contributed by atoms with E-state index in [2.05, 4.69) is 0 Å².